The van der Waals surface area contributed by atoms with Crippen molar-refractivity contribution in [1.29, 1.82) is 0 Å². The maximum absolute atomic E-state index is 11.6. The minimum Gasteiger partial charge on any atom is -0.300 e. The van der Waals surface area contributed by atoms with Crippen LogP contribution in [0.2, 0.25) is 0 Å². The summed E-state index contributed by atoms with van der Waals surface area (Å²) in [4.78, 5) is 22.8. The second-order valence-corrected chi connectivity index (χ2v) is 5.89. The monoisotopic (exact) mass is 198 g/mol. The highest BCUT2D eigenvalue weighted by atomic mass is 16.1. The minimum atomic E-state index is -0.498. The molecule has 0 amide bonds. The lowest BCUT2D eigenvalue weighted by Crippen LogP contribution is -2.26. The quantitative estimate of drug-likeness (QED) is 0.696. The van der Waals surface area contributed by atoms with Crippen molar-refractivity contribution in [2.24, 2.45) is 10.8 Å². The summed E-state index contributed by atoms with van der Waals surface area (Å²) in [7, 11) is 0. The van der Waals surface area contributed by atoms with Crippen molar-refractivity contribution in [2.45, 2.75) is 54.4 Å². The average molecular weight is 198 g/mol. The largest absolute Gasteiger partial charge is 0.300 e. The van der Waals surface area contributed by atoms with E-state index in [0.717, 1.165) is 0 Å². The van der Waals surface area contributed by atoms with Crippen LogP contribution in [0, 0.1) is 10.8 Å². The summed E-state index contributed by atoms with van der Waals surface area (Å²) in [6, 6.07) is 0. The Hall–Kier alpha value is -0.660. The molecule has 0 aliphatic rings. The number of hydrogen-bond acceptors (Lipinski definition) is 2. The van der Waals surface area contributed by atoms with E-state index >= 15 is 0 Å². The van der Waals surface area contributed by atoms with Crippen LogP contribution in [-0.2, 0) is 9.59 Å². The van der Waals surface area contributed by atoms with Gasteiger partial charge in [-0.05, 0) is 12.3 Å². The van der Waals surface area contributed by atoms with E-state index in [2.05, 4.69) is 0 Å². The van der Waals surface area contributed by atoms with Gasteiger partial charge in [-0.2, -0.15) is 0 Å². The molecule has 0 saturated heterocycles. The van der Waals surface area contributed by atoms with Crippen molar-refractivity contribution in [1.82, 2.24) is 0 Å². The van der Waals surface area contributed by atoms with Gasteiger partial charge in [-0.15, -0.1) is 0 Å². The van der Waals surface area contributed by atoms with Gasteiger partial charge in [0.2, 0.25) is 0 Å². The predicted octanol–water partition coefficient (Wildman–Crippen LogP) is 3.00. The lowest BCUT2D eigenvalue weighted by Gasteiger charge is -2.23. The normalized spacial score (nSPS) is 12.7. The molecule has 0 aliphatic heterocycles. The topological polar surface area (TPSA) is 34.1 Å². The van der Waals surface area contributed by atoms with Crippen LogP contribution in [0.4, 0.5) is 0 Å². The molecule has 0 atom stereocenters. The zero-order valence-corrected chi connectivity index (χ0v) is 10.2. The van der Waals surface area contributed by atoms with Gasteiger partial charge in [0.1, 0.15) is 11.6 Å². The SMILES string of the molecule is CC(=O)C(C)(C)CC(=O)CC(C)(C)C. The van der Waals surface area contributed by atoms with Crippen LogP contribution >= 0.6 is 0 Å². The molecule has 0 bridgehead atoms. The molecule has 0 rings (SSSR count). The van der Waals surface area contributed by atoms with Crippen LogP contribution < -0.4 is 0 Å². The third-order valence-electron chi connectivity index (χ3n) is 2.32. The van der Waals surface area contributed by atoms with Gasteiger partial charge in [0.05, 0.1) is 0 Å². The highest BCUT2D eigenvalue weighted by Crippen LogP contribution is 2.26. The van der Waals surface area contributed by atoms with Gasteiger partial charge < -0.3 is 0 Å². The summed E-state index contributed by atoms with van der Waals surface area (Å²) in [6.45, 7) is 11.3. The van der Waals surface area contributed by atoms with Crippen LogP contribution in [0.3, 0.4) is 0 Å². The molecule has 14 heavy (non-hydrogen) atoms. The Morgan fingerprint density at radius 3 is 1.64 bits per heavy atom. The van der Waals surface area contributed by atoms with Gasteiger partial charge in [0, 0.05) is 18.3 Å². The fraction of sp³-hybridized carbons (Fsp3) is 0.833. The molecular formula is C12H22O2. The molecule has 0 unspecified atom stereocenters. The molecule has 0 aromatic carbocycles. The van der Waals surface area contributed by atoms with Gasteiger partial charge >= 0.3 is 0 Å². The second kappa shape index (κ2) is 4.24. The smallest absolute Gasteiger partial charge is 0.135 e. The van der Waals surface area contributed by atoms with E-state index in [-0.39, 0.29) is 17.0 Å². The van der Waals surface area contributed by atoms with Crippen LogP contribution in [0.5, 0.6) is 0 Å². The minimum absolute atomic E-state index is 0.0178. The molecular weight excluding hydrogens is 176 g/mol. The van der Waals surface area contributed by atoms with E-state index in [0.29, 0.717) is 12.8 Å². The van der Waals surface area contributed by atoms with E-state index in [1.807, 2.05) is 34.6 Å². The van der Waals surface area contributed by atoms with Gasteiger partial charge in [-0.1, -0.05) is 34.6 Å². The Morgan fingerprint density at radius 1 is 0.929 bits per heavy atom. The van der Waals surface area contributed by atoms with Crippen molar-refractivity contribution in [3.05, 3.63) is 0 Å². The molecule has 0 heterocycles. The molecule has 0 aliphatic carbocycles. The molecule has 0 aromatic heterocycles. The zero-order chi connectivity index (χ0) is 11.6. The molecule has 0 fully saturated rings. The molecule has 0 spiro atoms. The first-order valence-electron chi connectivity index (χ1n) is 5.07. The summed E-state index contributed by atoms with van der Waals surface area (Å²) >= 11 is 0. The van der Waals surface area contributed by atoms with Crippen LogP contribution in [-0.4, -0.2) is 11.6 Å². The van der Waals surface area contributed by atoms with Gasteiger partial charge in [0.25, 0.3) is 0 Å². The van der Waals surface area contributed by atoms with Crippen molar-refractivity contribution in [2.75, 3.05) is 0 Å². The maximum Gasteiger partial charge on any atom is 0.135 e. The number of ketones is 2. The standard InChI is InChI=1S/C12H22O2/c1-9(13)12(5,6)8-10(14)7-11(2,3)4/h7-8H2,1-6H3. The number of carbonyl (C=O) groups is 2. The molecule has 2 heteroatoms. The van der Waals surface area contributed by atoms with Crippen molar-refractivity contribution >= 4 is 11.6 Å². The Bertz CT molecular complexity index is 231. The first-order chi connectivity index (χ1) is 6.04. The first-order valence-corrected chi connectivity index (χ1v) is 5.07. The lowest BCUT2D eigenvalue weighted by atomic mass is 9.79. The molecule has 0 aromatic rings. The fourth-order valence-electron chi connectivity index (χ4n) is 1.27. The molecule has 82 valence electrons. The predicted molar refractivity (Wildman–Crippen MR) is 58.2 cm³/mol. The second-order valence-electron chi connectivity index (χ2n) is 5.89. The van der Waals surface area contributed by atoms with Crippen LogP contribution in [0.25, 0.3) is 0 Å². The number of hydrogen-bond donors (Lipinski definition) is 0. The van der Waals surface area contributed by atoms with E-state index in [1.54, 1.807) is 6.92 Å². The van der Waals surface area contributed by atoms with Crippen molar-refractivity contribution < 1.29 is 9.59 Å². The van der Waals surface area contributed by atoms with Gasteiger partial charge in [-0.3, -0.25) is 9.59 Å². The fourth-order valence-corrected chi connectivity index (χ4v) is 1.27. The number of carbonyl (C=O) groups excluding carboxylic acids is 2. The Balaban J connectivity index is 4.27. The Morgan fingerprint density at radius 2 is 1.36 bits per heavy atom. The van der Waals surface area contributed by atoms with Crippen LogP contribution in [0.15, 0.2) is 0 Å². The summed E-state index contributed by atoms with van der Waals surface area (Å²) in [5, 5.41) is 0. The van der Waals surface area contributed by atoms with E-state index in [4.69, 9.17) is 0 Å². The molecule has 0 radical (unpaired) electrons. The molecule has 2 nitrogen and oxygen atoms in total. The summed E-state index contributed by atoms with van der Waals surface area (Å²) in [5.74, 6) is 0.262. The highest BCUT2D eigenvalue weighted by Gasteiger charge is 2.28. The molecule has 0 saturated carbocycles. The van der Waals surface area contributed by atoms with Crippen molar-refractivity contribution in [3.63, 3.8) is 0 Å². The zero-order valence-electron chi connectivity index (χ0n) is 10.2. The van der Waals surface area contributed by atoms with E-state index in [1.165, 1.54) is 0 Å². The van der Waals surface area contributed by atoms with Gasteiger partial charge in [-0.25, -0.2) is 0 Å². The maximum atomic E-state index is 11.6. The van der Waals surface area contributed by atoms with Crippen LogP contribution in [0.1, 0.15) is 54.4 Å². The Labute approximate surface area is 87.1 Å². The van der Waals surface area contributed by atoms with E-state index in [9.17, 15) is 9.59 Å². The number of Topliss-reactive ketones (excluding diaryl/α,β-unsaturated/α-hetero) is 2. The van der Waals surface area contributed by atoms with Gasteiger partial charge in [0.15, 0.2) is 0 Å². The third kappa shape index (κ3) is 5.15. The first kappa shape index (κ1) is 13.3. The molecule has 0 N–H and O–H groups in total. The summed E-state index contributed by atoms with van der Waals surface area (Å²) in [6.07, 6.45) is 0.906. The Kier molecular flexibility index (Phi) is 4.04. The number of rotatable bonds is 4. The third-order valence-corrected chi connectivity index (χ3v) is 2.32. The summed E-state index contributed by atoms with van der Waals surface area (Å²) in [5.41, 5.74) is -0.480. The lowest BCUT2D eigenvalue weighted by molar-refractivity contribution is -0.131. The summed E-state index contributed by atoms with van der Waals surface area (Å²) < 4.78 is 0. The van der Waals surface area contributed by atoms with E-state index < -0.39 is 5.41 Å². The van der Waals surface area contributed by atoms with Crippen molar-refractivity contribution in [3.8, 4) is 0 Å². The highest BCUT2D eigenvalue weighted by molar-refractivity contribution is 5.89. The average Bonchev–Trinajstić information content (AvgIpc) is 1.79.